The monoisotopic (exact) mass is 159 g/mol. The van der Waals surface area contributed by atoms with Gasteiger partial charge >= 0.3 is 5.97 Å². The van der Waals surface area contributed by atoms with E-state index < -0.39 is 12.0 Å². The van der Waals surface area contributed by atoms with Gasteiger partial charge in [-0.25, -0.2) is 5.53 Å². The third-order valence-electron chi connectivity index (χ3n) is 1.18. The molecule has 0 aromatic rings. The molecular formula is C4H9N5O2. The van der Waals surface area contributed by atoms with Crippen molar-refractivity contribution in [3.05, 3.63) is 0 Å². The number of rotatable bonds is 3. The number of nitrogens with one attached hydrogen (secondary N) is 3. The maximum atomic E-state index is 10.2. The zero-order chi connectivity index (χ0) is 8.27. The fraction of sp³-hybridized carbons (Fsp3) is 0.500. The molecule has 0 saturated heterocycles. The molecule has 0 bridgehead atoms. The average molecular weight is 159 g/mol. The first-order chi connectivity index (χ1) is 5.20. The summed E-state index contributed by atoms with van der Waals surface area (Å²) in [6.07, 6.45) is 0.176. The van der Waals surface area contributed by atoms with Crippen molar-refractivity contribution in [2.24, 2.45) is 10.8 Å². The molecule has 1 aliphatic heterocycles. The van der Waals surface area contributed by atoms with Crippen LogP contribution in [0.5, 0.6) is 0 Å². The molecule has 0 spiro atoms. The number of aliphatic carboxylic acids is 1. The fourth-order valence-corrected chi connectivity index (χ4v) is 0.616. The minimum Gasteiger partial charge on any atom is -0.480 e. The molecule has 1 aliphatic rings. The van der Waals surface area contributed by atoms with Crippen molar-refractivity contribution in [3.63, 3.8) is 0 Å². The molecule has 7 heteroatoms. The third kappa shape index (κ3) is 2.06. The summed E-state index contributed by atoms with van der Waals surface area (Å²) in [5.74, 6) is -0.554. The summed E-state index contributed by atoms with van der Waals surface area (Å²) in [5.41, 5.74) is 12.7. The molecule has 0 saturated carbocycles. The summed E-state index contributed by atoms with van der Waals surface area (Å²) >= 11 is 0. The van der Waals surface area contributed by atoms with E-state index >= 15 is 0 Å². The second kappa shape index (κ2) is 3.17. The van der Waals surface area contributed by atoms with Gasteiger partial charge in [-0.3, -0.25) is 10.2 Å². The van der Waals surface area contributed by atoms with Gasteiger partial charge < -0.3 is 10.8 Å². The lowest BCUT2D eigenvalue weighted by molar-refractivity contribution is -0.138. The molecule has 0 fully saturated rings. The minimum atomic E-state index is -1.04. The molecule has 0 radical (unpaired) electrons. The Morgan fingerprint density at radius 3 is 3.00 bits per heavy atom. The highest BCUT2D eigenvalue weighted by Gasteiger charge is 2.16. The number of carboxylic acids is 1. The summed E-state index contributed by atoms with van der Waals surface area (Å²) in [7, 11) is 0. The van der Waals surface area contributed by atoms with Crippen LogP contribution in [0.2, 0.25) is 0 Å². The highest BCUT2D eigenvalue weighted by atomic mass is 16.4. The van der Waals surface area contributed by atoms with Crippen LogP contribution >= 0.6 is 0 Å². The van der Waals surface area contributed by atoms with Gasteiger partial charge in [0.05, 0.1) is 0 Å². The third-order valence-corrected chi connectivity index (χ3v) is 1.18. The van der Waals surface area contributed by atoms with Crippen LogP contribution in [0.3, 0.4) is 0 Å². The summed E-state index contributed by atoms with van der Waals surface area (Å²) in [5, 5.41) is 12.1. The standard InChI is InChI=1S/C4H9N5O2/c5-2(4(10)11)1-3-6-8-9-7-3/h2,8-9H,1,5H2,(H,6,7)(H,10,11)/t2-/m0/s1. The first-order valence-electron chi connectivity index (χ1n) is 3.01. The molecule has 1 atom stereocenters. The summed E-state index contributed by atoms with van der Waals surface area (Å²) in [4.78, 5) is 10.2. The summed E-state index contributed by atoms with van der Waals surface area (Å²) < 4.78 is 0. The smallest absolute Gasteiger partial charge is 0.320 e. The van der Waals surface area contributed by atoms with E-state index in [4.69, 9.17) is 10.8 Å². The number of hydrogen-bond donors (Lipinski definition) is 5. The highest BCUT2D eigenvalue weighted by Crippen LogP contribution is 1.90. The van der Waals surface area contributed by atoms with Crippen LogP contribution in [0.25, 0.3) is 0 Å². The molecule has 0 amide bonds. The highest BCUT2D eigenvalue weighted by molar-refractivity contribution is 5.87. The number of amidine groups is 1. The quantitative estimate of drug-likeness (QED) is 0.317. The SMILES string of the molecule is N[C@@H](CC1=NNNN1)C(=O)O. The predicted molar refractivity (Wildman–Crippen MR) is 37.1 cm³/mol. The van der Waals surface area contributed by atoms with Crippen LogP contribution in [-0.4, -0.2) is 23.0 Å². The Bertz CT molecular complexity index is 191. The van der Waals surface area contributed by atoms with Gasteiger partial charge in [0.1, 0.15) is 11.9 Å². The lowest BCUT2D eigenvalue weighted by Crippen LogP contribution is -2.39. The van der Waals surface area contributed by atoms with Crippen LogP contribution < -0.4 is 22.2 Å². The number of nitrogens with zero attached hydrogens (tertiary/aromatic N) is 1. The number of carboxylic acid groups (broad SMARTS) is 1. The lowest BCUT2D eigenvalue weighted by atomic mass is 10.2. The Balaban J connectivity index is 2.35. The molecule has 7 nitrogen and oxygen atoms in total. The Hall–Kier alpha value is -1.34. The van der Waals surface area contributed by atoms with Crippen molar-refractivity contribution in [1.29, 1.82) is 0 Å². The van der Waals surface area contributed by atoms with Crippen LogP contribution in [0, 0.1) is 0 Å². The van der Waals surface area contributed by atoms with E-state index in [0.29, 0.717) is 5.84 Å². The molecule has 0 aromatic heterocycles. The van der Waals surface area contributed by atoms with Gasteiger partial charge in [0.2, 0.25) is 0 Å². The number of nitrogens with two attached hydrogens (primary N) is 1. The molecule has 1 heterocycles. The van der Waals surface area contributed by atoms with E-state index in [1.54, 1.807) is 0 Å². The van der Waals surface area contributed by atoms with Gasteiger partial charge in [-0.2, -0.15) is 0 Å². The maximum Gasteiger partial charge on any atom is 0.320 e. The Morgan fingerprint density at radius 2 is 2.55 bits per heavy atom. The van der Waals surface area contributed by atoms with E-state index in [2.05, 4.69) is 21.6 Å². The van der Waals surface area contributed by atoms with Crippen LogP contribution in [0.1, 0.15) is 6.42 Å². The zero-order valence-corrected chi connectivity index (χ0v) is 5.66. The topological polar surface area (TPSA) is 112 Å². The van der Waals surface area contributed by atoms with Crippen molar-refractivity contribution in [3.8, 4) is 0 Å². The van der Waals surface area contributed by atoms with Crippen molar-refractivity contribution < 1.29 is 9.90 Å². The molecule has 62 valence electrons. The van der Waals surface area contributed by atoms with Crippen molar-refractivity contribution in [2.75, 3.05) is 0 Å². The number of hydrazine groups is 2. The largest absolute Gasteiger partial charge is 0.480 e. The van der Waals surface area contributed by atoms with E-state index in [9.17, 15) is 4.79 Å². The first kappa shape index (κ1) is 7.76. The van der Waals surface area contributed by atoms with Gasteiger partial charge in [-0.05, 0) is 0 Å². The van der Waals surface area contributed by atoms with E-state index in [-0.39, 0.29) is 6.42 Å². The minimum absolute atomic E-state index is 0.176. The van der Waals surface area contributed by atoms with Crippen molar-refractivity contribution >= 4 is 11.8 Å². The first-order valence-corrected chi connectivity index (χ1v) is 3.01. The molecule has 0 unspecified atom stereocenters. The molecule has 0 aliphatic carbocycles. The van der Waals surface area contributed by atoms with E-state index in [1.165, 1.54) is 0 Å². The average Bonchev–Trinajstić information content (AvgIpc) is 2.39. The fourth-order valence-electron chi connectivity index (χ4n) is 0.616. The summed E-state index contributed by atoms with van der Waals surface area (Å²) in [6, 6.07) is -0.914. The molecule has 1 rings (SSSR count). The van der Waals surface area contributed by atoms with Gasteiger partial charge in [0.15, 0.2) is 0 Å². The number of hydrogen-bond acceptors (Lipinski definition) is 6. The van der Waals surface area contributed by atoms with Gasteiger partial charge in [-0.1, -0.05) is 0 Å². The van der Waals surface area contributed by atoms with Gasteiger partial charge in [-0.15, -0.1) is 10.6 Å². The number of hydrazone groups is 1. The summed E-state index contributed by atoms with van der Waals surface area (Å²) in [6.45, 7) is 0. The normalized spacial score (nSPS) is 18.1. The second-order valence-electron chi connectivity index (χ2n) is 2.07. The Morgan fingerprint density at radius 1 is 1.82 bits per heavy atom. The van der Waals surface area contributed by atoms with Gasteiger partial charge in [0, 0.05) is 6.42 Å². The van der Waals surface area contributed by atoms with Crippen LogP contribution in [-0.2, 0) is 4.79 Å². The van der Waals surface area contributed by atoms with E-state index in [0.717, 1.165) is 0 Å². The molecule has 0 aromatic carbocycles. The van der Waals surface area contributed by atoms with Crippen LogP contribution in [0.15, 0.2) is 5.10 Å². The van der Waals surface area contributed by atoms with Crippen molar-refractivity contribution in [1.82, 2.24) is 16.5 Å². The molecule has 11 heavy (non-hydrogen) atoms. The molecule has 6 N–H and O–H groups in total. The zero-order valence-electron chi connectivity index (χ0n) is 5.66. The van der Waals surface area contributed by atoms with Crippen LogP contribution in [0.4, 0.5) is 0 Å². The number of carbonyl (C=O) groups is 1. The maximum absolute atomic E-state index is 10.2. The van der Waals surface area contributed by atoms with Crippen molar-refractivity contribution in [2.45, 2.75) is 12.5 Å². The lowest BCUT2D eigenvalue weighted by Gasteiger charge is -2.04. The Labute approximate surface area is 62.6 Å². The Kier molecular flexibility index (Phi) is 2.24. The second-order valence-corrected chi connectivity index (χ2v) is 2.07. The van der Waals surface area contributed by atoms with E-state index in [1.807, 2.05) is 0 Å². The van der Waals surface area contributed by atoms with Gasteiger partial charge in [0.25, 0.3) is 0 Å². The molecular weight excluding hydrogens is 150 g/mol. The predicted octanol–water partition coefficient (Wildman–Crippen LogP) is -2.29.